The van der Waals surface area contributed by atoms with Gasteiger partial charge >= 0.3 is 0 Å². The summed E-state index contributed by atoms with van der Waals surface area (Å²) in [6.07, 6.45) is 4.83. The van der Waals surface area contributed by atoms with E-state index in [2.05, 4.69) is 63.1 Å². The van der Waals surface area contributed by atoms with E-state index >= 15 is 0 Å². The summed E-state index contributed by atoms with van der Waals surface area (Å²) in [6.45, 7) is 0. The second-order valence-electron chi connectivity index (χ2n) is 4.31. The average Bonchev–Trinajstić information content (AvgIpc) is 2.83. The van der Waals surface area contributed by atoms with Gasteiger partial charge in [-0.3, -0.25) is 0 Å². The van der Waals surface area contributed by atoms with Gasteiger partial charge in [-0.1, -0.05) is 46.3 Å². The summed E-state index contributed by atoms with van der Waals surface area (Å²) in [6, 6.07) is 13.0. The van der Waals surface area contributed by atoms with Gasteiger partial charge < -0.3 is 0 Å². The molecule has 0 aliphatic rings. The number of rotatable bonds is 6. The lowest BCUT2D eigenvalue weighted by molar-refractivity contribution is 0.701. The Bertz CT molecular complexity index is 408. The monoisotopic (exact) mass is 308 g/mol. The van der Waals surface area contributed by atoms with Crippen LogP contribution in [-0.4, -0.2) is 4.83 Å². The van der Waals surface area contributed by atoms with Crippen molar-refractivity contribution in [3.05, 3.63) is 58.3 Å². The van der Waals surface area contributed by atoms with Crippen molar-refractivity contribution < 1.29 is 0 Å². The van der Waals surface area contributed by atoms with Gasteiger partial charge in [0.15, 0.2) is 0 Å². The van der Waals surface area contributed by atoms with Gasteiger partial charge in [-0.05, 0) is 53.6 Å². The van der Waals surface area contributed by atoms with E-state index in [4.69, 9.17) is 0 Å². The Hall–Kier alpha value is -0.600. The molecule has 2 heteroatoms. The molecule has 0 amide bonds. The number of hydrogen-bond donors (Lipinski definition) is 0. The molecule has 0 aliphatic heterocycles. The van der Waals surface area contributed by atoms with Gasteiger partial charge in [-0.2, -0.15) is 11.3 Å². The van der Waals surface area contributed by atoms with Crippen LogP contribution in [0.25, 0.3) is 0 Å². The van der Waals surface area contributed by atoms with Crippen LogP contribution in [-0.2, 0) is 12.8 Å². The third-order valence-electron chi connectivity index (χ3n) is 2.86. The maximum Gasteiger partial charge on any atom is 0.0186 e. The Kier molecular flexibility index (Phi) is 5.27. The fourth-order valence-electron chi connectivity index (χ4n) is 1.94. The number of halogens is 1. The Morgan fingerprint density at radius 2 is 1.88 bits per heavy atom. The highest BCUT2D eigenvalue weighted by molar-refractivity contribution is 9.09. The van der Waals surface area contributed by atoms with Crippen molar-refractivity contribution in [3.63, 3.8) is 0 Å². The molecule has 0 saturated carbocycles. The van der Waals surface area contributed by atoms with Crippen molar-refractivity contribution in [2.45, 2.75) is 30.5 Å². The average molecular weight is 309 g/mol. The van der Waals surface area contributed by atoms with Crippen molar-refractivity contribution in [1.29, 1.82) is 0 Å². The molecular weight excluding hydrogens is 292 g/mol. The third kappa shape index (κ3) is 4.64. The Morgan fingerprint density at radius 3 is 2.59 bits per heavy atom. The molecule has 0 radical (unpaired) electrons. The van der Waals surface area contributed by atoms with Crippen molar-refractivity contribution >= 4 is 27.3 Å². The molecule has 0 fully saturated rings. The second-order valence-corrected chi connectivity index (χ2v) is 6.39. The van der Waals surface area contributed by atoms with Gasteiger partial charge in [0, 0.05) is 4.83 Å². The number of hydrogen-bond acceptors (Lipinski definition) is 1. The molecule has 1 heterocycles. The molecule has 1 unspecified atom stereocenters. The first-order valence-electron chi connectivity index (χ1n) is 6.03. The molecule has 1 atom stereocenters. The summed E-state index contributed by atoms with van der Waals surface area (Å²) in [5.41, 5.74) is 2.90. The standard InChI is InChI=1S/C15H17BrS/c16-15(11-14-9-10-17-12-14)8-4-7-13-5-2-1-3-6-13/h1-3,5-6,9-10,12,15H,4,7-8,11H2. The molecule has 0 nitrogen and oxygen atoms in total. The van der Waals surface area contributed by atoms with Crippen LogP contribution >= 0.6 is 27.3 Å². The number of benzene rings is 1. The van der Waals surface area contributed by atoms with Crippen LogP contribution in [0.2, 0.25) is 0 Å². The minimum Gasteiger partial charge on any atom is -0.152 e. The zero-order valence-corrected chi connectivity index (χ0v) is 12.2. The van der Waals surface area contributed by atoms with E-state index in [0.29, 0.717) is 4.83 Å². The molecule has 2 aromatic rings. The molecule has 0 N–H and O–H groups in total. The van der Waals surface area contributed by atoms with Gasteiger partial charge in [-0.25, -0.2) is 0 Å². The lowest BCUT2D eigenvalue weighted by Gasteiger charge is -2.08. The van der Waals surface area contributed by atoms with E-state index in [0.717, 1.165) is 6.42 Å². The van der Waals surface area contributed by atoms with E-state index in [1.54, 1.807) is 11.3 Å². The molecule has 0 bridgehead atoms. The summed E-state index contributed by atoms with van der Waals surface area (Å²) in [5.74, 6) is 0. The lowest BCUT2D eigenvalue weighted by Crippen LogP contribution is -2.02. The zero-order chi connectivity index (χ0) is 11.9. The topological polar surface area (TPSA) is 0 Å². The molecule has 1 aromatic heterocycles. The fraction of sp³-hybridized carbons (Fsp3) is 0.333. The largest absolute Gasteiger partial charge is 0.152 e. The summed E-state index contributed by atoms with van der Waals surface area (Å²) < 4.78 is 0. The van der Waals surface area contributed by atoms with Gasteiger partial charge in [0.05, 0.1) is 0 Å². The molecule has 90 valence electrons. The minimum absolute atomic E-state index is 0.612. The first-order valence-corrected chi connectivity index (χ1v) is 7.89. The molecular formula is C15H17BrS. The second kappa shape index (κ2) is 6.97. The highest BCUT2D eigenvalue weighted by Crippen LogP contribution is 2.18. The molecule has 1 aromatic carbocycles. The fourth-order valence-corrected chi connectivity index (χ4v) is 3.32. The van der Waals surface area contributed by atoms with Crippen LogP contribution in [0.4, 0.5) is 0 Å². The van der Waals surface area contributed by atoms with Crippen molar-refractivity contribution in [1.82, 2.24) is 0 Å². The quantitative estimate of drug-likeness (QED) is 0.653. The van der Waals surface area contributed by atoms with Crippen molar-refractivity contribution in [2.75, 3.05) is 0 Å². The van der Waals surface area contributed by atoms with Gasteiger partial charge in [0.25, 0.3) is 0 Å². The predicted molar refractivity (Wildman–Crippen MR) is 80.1 cm³/mol. The van der Waals surface area contributed by atoms with Crippen molar-refractivity contribution in [3.8, 4) is 0 Å². The van der Waals surface area contributed by atoms with Crippen LogP contribution in [0.1, 0.15) is 24.0 Å². The number of thiophene rings is 1. The molecule has 0 saturated heterocycles. The summed E-state index contributed by atoms with van der Waals surface area (Å²) in [5, 5.41) is 4.39. The van der Waals surface area contributed by atoms with Crippen LogP contribution in [0, 0.1) is 0 Å². The Labute approximate surface area is 116 Å². The molecule has 2 rings (SSSR count). The molecule has 0 spiro atoms. The Morgan fingerprint density at radius 1 is 1.06 bits per heavy atom. The first-order chi connectivity index (χ1) is 8.34. The first kappa shape index (κ1) is 12.8. The zero-order valence-electron chi connectivity index (χ0n) is 9.81. The summed E-state index contributed by atoms with van der Waals surface area (Å²) >= 11 is 5.56. The van der Waals surface area contributed by atoms with Crippen LogP contribution in [0.3, 0.4) is 0 Å². The van der Waals surface area contributed by atoms with Crippen LogP contribution < -0.4 is 0 Å². The summed E-state index contributed by atoms with van der Waals surface area (Å²) in [4.78, 5) is 0.612. The predicted octanol–water partition coefficient (Wildman–Crippen LogP) is 5.08. The number of aryl methyl sites for hydroxylation is 1. The van der Waals surface area contributed by atoms with Gasteiger partial charge in [0.1, 0.15) is 0 Å². The Balaban J connectivity index is 1.68. The lowest BCUT2D eigenvalue weighted by atomic mass is 10.0. The molecule has 17 heavy (non-hydrogen) atoms. The van der Waals surface area contributed by atoms with E-state index in [1.807, 2.05) is 0 Å². The molecule has 0 aliphatic carbocycles. The van der Waals surface area contributed by atoms with E-state index in [-0.39, 0.29) is 0 Å². The van der Waals surface area contributed by atoms with E-state index in [9.17, 15) is 0 Å². The van der Waals surface area contributed by atoms with Crippen molar-refractivity contribution in [2.24, 2.45) is 0 Å². The summed E-state index contributed by atoms with van der Waals surface area (Å²) in [7, 11) is 0. The normalized spacial score (nSPS) is 12.5. The highest BCUT2D eigenvalue weighted by Gasteiger charge is 2.05. The van der Waals surface area contributed by atoms with Crippen LogP contribution in [0.15, 0.2) is 47.2 Å². The maximum atomic E-state index is 3.78. The number of alkyl halides is 1. The SMILES string of the molecule is BrC(CCCc1ccccc1)Cc1ccsc1. The smallest absolute Gasteiger partial charge is 0.0186 e. The van der Waals surface area contributed by atoms with E-state index in [1.165, 1.54) is 30.4 Å². The van der Waals surface area contributed by atoms with Gasteiger partial charge in [-0.15, -0.1) is 0 Å². The van der Waals surface area contributed by atoms with Gasteiger partial charge in [0.2, 0.25) is 0 Å². The maximum absolute atomic E-state index is 3.78. The van der Waals surface area contributed by atoms with Crippen LogP contribution in [0.5, 0.6) is 0 Å². The van der Waals surface area contributed by atoms with E-state index < -0.39 is 0 Å². The highest BCUT2D eigenvalue weighted by atomic mass is 79.9. The minimum atomic E-state index is 0.612. The third-order valence-corrected chi connectivity index (χ3v) is 4.38.